The second kappa shape index (κ2) is 9.74. The Bertz CT molecular complexity index is 1040. The van der Waals surface area contributed by atoms with Crippen LogP contribution in [0.15, 0.2) is 52.8 Å². The molecule has 2 aliphatic rings. The Balaban J connectivity index is 1.56. The van der Waals surface area contributed by atoms with Gasteiger partial charge in [0.1, 0.15) is 22.5 Å². The molecule has 1 aromatic rings. The molecule has 1 atom stereocenters. The molecule has 1 unspecified atom stereocenters. The number of amides is 1. The standard InChI is InChI=1S/C24H27NO7S/c1-23(2,3)32-22(29)25-10-6-5-8-16-12-15-13-19(26)24(4,20(27)17(15)14-30-16)31-21(28)18-9-7-11-33-18/h7,9,11-14H,5-6,8,10H2,1-4H3,(H,25,29). The van der Waals surface area contributed by atoms with Gasteiger partial charge in [-0.1, -0.05) is 6.07 Å². The molecule has 1 amide bonds. The summed E-state index contributed by atoms with van der Waals surface area (Å²) in [5.41, 5.74) is -1.86. The maximum absolute atomic E-state index is 13.0. The lowest BCUT2D eigenvalue weighted by Gasteiger charge is -2.31. The van der Waals surface area contributed by atoms with Crippen LogP contribution < -0.4 is 5.32 Å². The van der Waals surface area contributed by atoms with E-state index in [4.69, 9.17) is 14.2 Å². The number of rotatable bonds is 7. The second-order valence-electron chi connectivity index (χ2n) is 8.84. The van der Waals surface area contributed by atoms with Crippen LogP contribution in [0.25, 0.3) is 0 Å². The quantitative estimate of drug-likeness (QED) is 0.359. The van der Waals surface area contributed by atoms with Crippen molar-refractivity contribution in [3.05, 3.63) is 57.7 Å². The number of ether oxygens (including phenoxy) is 3. The summed E-state index contributed by atoms with van der Waals surface area (Å²) in [6.07, 6.45) is 5.76. The highest BCUT2D eigenvalue weighted by Crippen LogP contribution is 2.34. The SMILES string of the molecule is CC(C)(C)OC(=O)NCCCCC1=CC2=CC(=O)C(C)(OC(=O)c3cccs3)C(=O)C2=CO1. The van der Waals surface area contributed by atoms with E-state index in [1.807, 2.05) is 0 Å². The molecule has 0 saturated carbocycles. The van der Waals surface area contributed by atoms with E-state index in [1.165, 1.54) is 30.6 Å². The zero-order valence-corrected chi connectivity index (χ0v) is 19.9. The van der Waals surface area contributed by atoms with Crippen LogP contribution in [-0.2, 0) is 23.8 Å². The fourth-order valence-electron chi connectivity index (χ4n) is 3.23. The van der Waals surface area contributed by atoms with Crippen molar-refractivity contribution in [3.8, 4) is 0 Å². The normalized spacial score (nSPS) is 20.1. The van der Waals surface area contributed by atoms with Crippen molar-refractivity contribution < 1.29 is 33.4 Å². The molecule has 0 fully saturated rings. The van der Waals surface area contributed by atoms with E-state index in [0.717, 1.165) is 6.42 Å². The summed E-state index contributed by atoms with van der Waals surface area (Å²) in [5, 5.41) is 4.40. The van der Waals surface area contributed by atoms with Crippen molar-refractivity contribution in [3.63, 3.8) is 0 Å². The Kier molecular flexibility index (Phi) is 7.22. The van der Waals surface area contributed by atoms with E-state index >= 15 is 0 Å². The summed E-state index contributed by atoms with van der Waals surface area (Å²) in [6, 6.07) is 3.25. The number of thiophene rings is 1. The fourth-order valence-corrected chi connectivity index (χ4v) is 3.83. The minimum absolute atomic E-state index is 0.187. The van der Waals surface area contributed by atoms with Gasteiger partial charge >= 0.3 is 12.1 Å². The molecular weight excluding hydrogens is 446 g/mol. The van der Waals surface area contributed by atoms with Gasteiger partial charge in [-0.3, -0.25) is 9.59 Å². The summed E-state index contributed by atoms with van der Waals surface area (Å²) in [4.78, 5) is 50.0. The summed E-state index contributed by atoms with van der Waals surface area (Å²) in [5.74, 6) is -1.34. The van der Waals surface area contributed by atoms with Gasteiger partial charge in [-0.05, 0) is 69.7 Å². The molecule has 8 nitrogen and oxygen atoms in total. The summed E-state index contributed by atoms with van der Waals surface area (Å²) in [6.45, 7) is 7.15. The molecular formula is C24H27NO7S. The molecule has 1 N–H and O–H groups in total. The number of Topliss-reactive ketones (excluding diaryl/α,β-unsaturated/α-hetero) is 1. The van der Waals surface area contributed by atoms with E-state index in [-0.39, 0.29) is 5.57 Å². The van der Waals surface area contributed by atoms with Crippen LogP contribution in [0.4, 0.5) is 4.79 Å². The van der Waals surface area contributed by atoms with Crippen molar-refractivity contribution in [2.45, 2.75) is 58.2 Å². The van der Waals surface area contributed by atoms with Gasteiger partial charge in [0, 0.05) is 13.0 Å². The van der Waals surface area contributed by atoms with Gasteiger partial charge in [-0.2, -0.15) is 0 Å². The fraction of sp³-hybridized carbons (Fsp3) is 0.417. The van der Waals surface area contributed by atoms with Gasteiger partial charge in [-0.25, -0.2) is 9.59 Å². The number of esters is 1. The Hall–Kier alpha value is -3.20. The van der Waals surface area contributed by atoms with Crippen molar-refractivity contribution in [1.82, 2.24) is 5.32 Å². The molecule has 9 heteroatoms. The first-order valence-electron chi connectivity index (χ1n) is 10.6. The first-order chi connectivity index (χ1) is 15.5. The number of nitrogens with one attached hydrogen (secondary N) is 1. The number of alkyl carbamates (subject to hydrolysis) is 1. The Morgan fingerprint density at radius 1 is 1.18 bits per heavy atom. The molecule has 176 valence electrons. The third-order valence-electron chi connectivity index (χ3n) is 4.93. The monoisotopic (exact) mass is 473 g/mol. The second-order valence-corrected chi connectivity index (χ2v) is 9.79. The summed E-state index contributed by atoms with van der Waals surface area (Å²) < 4.78 is 16.1. The first-order valence-corrected chi connectivity index (χ1v) is 11.5. The Morgan fingerprint density at radius 3 is 2.61 bits per heavy atom. The van der Waals surface area contributed by atoms with Crippen LogP contribution in [0.5, 0.6) is 0 Å². The highest BCUT2D eigenvalue weighted by molar-refractivity contribution is 7.12. The number of fused-ring (bicyclic) bond motifs is 1. The molecule has 0 spiro atoms. The molecule has 0 radical (unpaired) electrons. The molecule has 3 rings (SSSR count). The lowest BCUT2D eigenvalue weighted by Crippen LogP contribution is -2.50. The largest absolute Gasteiger partial charge is 0.469 e. The van der Waals surface area contributed by atoms with E-state index < -0.39 is 34.8 Å². The Labute approximate surface area is 196 Å². The number of carbonyl (C=O) groups is 4. The van der Waals surface area contributed by atoms with E-state index in [1.54, 1.807) is 44.4 Å². The Morgan fingerprint density at radius 2 is 1.94 bits per heavy atom. The molecule has 0 bridgehead atoms. The van der Waals surface area contributed by atoms with Crippen LogP contribution in [-0.4, -0.2) is 41.4 Å². The highest BCUT2D eigenvalue weighted by Gasteiger charge is 2.49. The molecule has 0 saturated heterocycles. The lowest BCUT2D eigenvalue weighted by atomic mass is 9.80. The number of allylic oxidation sites excluding steroid dienone is 3. The van der Waals surface area contributed by atoms with Crippen LogP contribution in [0.3, 0.4) is 0 Å². The van der Waals surface area contributed by atoms with Gasteiger partial charge in [0.2, 0.25) is 17.2 Å². The average Bonchev–Trinajstić information content (AvgIpc) is 3.26. The van der Waals surface area contributed by atoms with Gasteiger partial charge in [-0.15, -0.1) is 11.3 Å². The topological polar surface area (TPSA) is 108 Å². The van der Waals surface area contributed by atoms with E-state index in [2.05, 4.69) is 5.32 Å². The van der Waals surface area contributed by atoms with Crippen LogP contribution in [0.2, 0.25) is 0 Å². The van der Waals surface area contributed by atoms with Gasteiger partial charge < -0.3 is 19.5 Å². The number of hydrogen-bond acceptors (Lipinski definition) is 8. The molecule has 1 aliphatic heterocycles. The minimum Gasteiger partial charge on any atom is -0.469 e. The van der Waals surface area contributed by atoms with Crippen molar-refractivity contribution >= 4 is 35.0 Å². The molecule has 33 heavy (non-hydrogen) atoms. The number of hydrogen-bond donors (Lipinski definition) is 1. The van der Waals surface area contributed by atoms with Crippen molar-refractivity contribution in [2.24, 2.45) is 0 Å². The zero-order chi connectivity index (χ0) is 24.2. The molecule has 2 heterocycles. The highest BCUT2D eigenvalue weighted by atomic mass is 32.1. The minimum atomic E-state index is -1.93. The van der Waals surface area contributed by atoms with Gasteiger partial charge in [0.05, 0.1) is 5.57 Å². The van der Waals surface area contributed by atoms with E-state index in [9.17, 15) is 19.2 Å². The van der Waals surface area contributed by atoms with Crippen LogP contribution in [0.1, 0.15) is 56.6 Å². The molecule has 1 aromatic heterocycles. The number of unbranched alkanes of at least 4 members (excludes halogenated alkanes) is 1. The molecule has 1 aliphatic carbocycles. The van der Waals surface area contributed by atoms with Crippen LogP contribution >= 0.6 is 11.3 Å². The lowest BCUT2D eigenvalue weighted by molar-refractivity contribution is -0.145. The predicted octanol–water partition coefficient (Wildman–Crippen LogP) is 4.23. The van der Waals surface area contributed by atoms with Gasteiger partial charge in [0.25, 0.3) is 0 Å². The third kappa shape index (κ3) is 5.98. The number of ketones is 2. The van der Waals surface area contributed by atoms with Crippen molar-refractivity contribution in [2.75, 3.05) is 6.54 Å². The van der Waals surface area contributed by atoms with Crippen molar-refractivity contribution in [1.29, 1.82) is 0 Å². The first kappa shape index (κ1) is 24.4. The zero-order valence-electron chi connectivity index (χ0n) is 19.1. The summed E-state index contributed by atoms with van der Waals surface area (Å²) >= 11 is 1.17. The average molecular weight is 474 g/mol. The van der Waals surface area contributed by atoms with Crippen LogP contribution in [0, 0.1) is 0 Å². The van der Waals surface area contributed by atoms with Gasteiger partial charge in [0.15, 0.2) is 0 Å². The maximum atomic E-state index is 13.0. The molecule has 0 aromatic carbocycles. The third-order valence-corrected chi connectivity index (χ3v) is 5.78. The summed E-state index contributed by atoms with van der Waals surface area (Å²) in [7, 11) is 0. The number of carbonyl (C=O) groups excluding carboxylic acids is 4. The maximum Gasteiger partial charge on any atom is 0.407 e. The smallest absolute Gasteiger partial charge is 0.407 e. The van der Waals surface area contributed by atoms with E-state index in [0.29, 0.717) is 35.6 Å². The predicted molar refractivity (Wildman–Crippen MR) is 122 cm³/mol.